The number of rotatable bonds is 6. The van der Waals surface area contributed by atoms with Gasteiger partial charge in [-0.3, -0.25) is 0 Å². The van der Waals surface area contributed by atoms with E-state index < -0.39 is 26.8 Å². The molecule has 2 aromatic heterocycles. The zero-order valence-electron chi connectivity index (χ0n) is 10.9. The van der Waals surface area contributed by atoms with Crippen LogP contribution in [0.4, 0.5) is 0 Å². The van der Waals surface area contributed by atoms with E-state index in [0.29, 0.717) is 11.4 Å². The molecule has 0 bridgehead atoms. The predicted octanol–water partition coefficient (Wildman–Crippen LogP) is 0.860. The van der Waals surface area contributed by atoms with Crippen molar-refractivity contribution in [2.75, 3.05) is 7.11 Å². The number of carboxylic acids is 1. The second-order valence-corrected chi connectivity index (χ2v) is 5.66. The van der Waals surface area contributed by atoms with Crippen LogP contribution >= 0.6 is 0 Å². The maximum atomic E-state index is 11.9. The molecule has 0 saturated carbocycles. The zero-order valence-corrected chi connectivity index (χ0v) is 11.8. The van der Waals surface area contributed by atoms with Crippen LogP contribution in [0.5, 0.6) is 5.88 Å². The molecule has 0 radical (unpaired) electrons. The molecule has 0 amide bonds. The van der Waals surface area contributed by atoms with E-state index in [-0.39, 0.29) is 6.54 Å². The van der Waals surface area contributed by atoms with Crippen LogP contribution in [-0.2, 0) is 16.6 Å². The molecular formula is C12H12N2O6S. The van der Waals surface area contributed by atoms with Gasteiger partial charge in [0.15, 0.2) is 0 Å². The Kier molecular flexibility index (Phi) is 4.24. The molecule has 112 valence electrons. The van der Waals surface area contributed by atoms with E-state index in [2.05, 4.69) is 9.71 Å². The van der Waals surface area contributed by atoms with Crippen molar-refractivity contribution in [3.63, 3.8) is 0 Å². The van der Waals surface area contributed by atoms with E-state index >= 15 is 0 Å². The zero-order chi connectivity index (χ0) is 15.5. The third-order valence-electron chi connectivity index (χ3n) is 2.53. The molecule has 9 heteroatoms. The standard InChI is InChI=1S/C12H12N2O6S/c1-19-10-4-2-8(6-13-10)7-14-21(17,18)11-5-3-9(20-11)12(15)16/h2-6,14H,7H2,1H3,(H,15,16). The van der Waals surface area contributed by atoms with E-state index in [9.17, 15) is 13.2 Å². The van der Waals surface area contributed by atoms with Gasteiger partial charge in [-0.2, -0.15) is 0 Å². The fraction of sp³-hybridized carbons (Fsp3) is 0.167. The number of methoxy groups -OCH3 is 1. The highest BCUT2D eigenvalue weighted by atomic mass is 32.2. The lowest BCUT2D eigenvalue weighted by Crippen LogP contribution is -2.22. The molecule has 0 aliphatic heterocycles. The summed E-state index contributed by atoms with van der Waals surface area (Å²) in [6.45, 7) is -0.0115. The molecule has 0 aliphatic carbocycles. The van der Waals surface area contributed by atoms with Gasteiger partial charge in [0.25, 0.3) is 10.0 Å². The molecular weight excluding hydrogens is 300 g/mol. The van der Waals surface area contributed by atoms with Crippen LogP contribution in [0.15, 0.2) is 40.0 Å². The lowest BCUT2D eigenvalue weighted by Gasteiger charge is -2.05. The minimum atomic E-state index is -3.93. The summed E-state index contributed by atoms with van der Waals surface area (Å²) in [7, 11) is -2.45. The number of aromatic carboxylic acids is 1. The van der Waals surface area contributed by atoms with Gasteiger partial charge in [0.2, 0.25) is 16.7 Å². The second-order valence-electron chi connectivity index (χ2n) is 3.96. The number of carbonyl (C=O) groups is 1. The Hall–Kier alpha value is -2.39. The number of hydrogen-bond donors (Lipinski definition) is 2. The molecule has 2 N–H and O–H groups in total. The summed E-state index contributed by atoms with van der Waals surface area (Å²) in [5, 5.41) is 8.23. The SMILES string of the molecule is COc1ccc(CNS(=O)(=O)c2ccc(C(=O)O)o2)cn1. The highest BCUT2D eigenvalue weighted by Crippen LogP contribution is 2.14. The van der Waals surface area contributed by atoms with E-state index in [1.165, 1.54) is 13.3 Å². The number of ether oxygens (including phenoxy) is 1. The summed E-state index contributed by atoms with van der Waals surface area (Å²) in [6.07, 6.45) is 1.46. The van der Waals surface area contributed by atoms with Crippen molar-refractivity contribution >= 4 is 16.0 Å². The average Bonchev–Trinajstić information content (AvgIpc) is 2.97. The van der Waals surface area contributed by atoms with Crippen LogP contribution in [0.3, 0.4) is 0 Å². The van der Waals surface area contributed by atoms with Gasteiger partial charge in [0.05, 0.1) is 7.11 Å². The molecule has 0 atom stereocenters. The first-order valence-corrected chi connectivity index (χ1v) is 7.22. The monoisotopic (exact) mass is 312 g/mol. The van der Waals surface area contributed by atoms with Gasteiger partial charge < -0.3 is 14.3 Å². The predicted molar refractivity (Wildman–Crippen MR) is 70.5 cm³/mol. The van der Waals surface area contributed by atoms with Crippen molar-refractivity contribution in [1.82, 2.24) is 9.71 Å². The van der Waals surface area contributed by atoms with Crippen molar-refractivity contribution in [1.29, 1.82) is 0 Å². The van der Waals surface area contributed by atoms with Crippen molar-refractivity contribution in [2.45, 2.75) is 11.6 Å². The molecule has 0 spiro atoms. The smallest absolute Gasteiger partial charge is 0.371 e. The van der Waals surface area contributed by atoms with Gasteiger partial charge in [-0.15, -0.1) is 0 Å². The van der Waals surface area contributed by atoms with E-state index in [1.807, 2.05) is 0 Å². The first-order valence-electron chi connectivity index (χ1n) is 5.74. The summed E-state index contributed by atoms with van der Waals surface area (Å²) in [5.74, 6) is -1.36. The first kappa shape index (κ1) is 15.0. The molecule has 21 heavy (non-hydrogen) atoms. The Morgan fingerprint density at radius 1 is 1.38 bits per heavy atom. The maximum absolute atomic E-state index is 11.9. The van der Waals surface area contributed by atoms with Crippen molar-refractivity contribution in [3.05, 3.63) is 41.8 Å². The van der Waals surface area contributed by atoms with Gasteiger partial charge in [-0.1, -0.05) is 6.07 Å². The minimum Gasteiger partial charge on any atom is -0.481 e. The number of nitrogens with zero attached hydrogens (tertiary/aromatic N) is 1. The lowest BCUT2D eigenvalue weighted by molar-refractivity contribution is 0.0656. The van der Waals surface area contributed by atoms with Crippen molar-refractivity contribution < 1.29 is 27.5 Å². The molecule has 0 unspecified atom stereocenters. The number of sulfonamides is 1. The van der Waals surface area contributed by atoms with Gasteiger partial charge in [-0.25, -0.2) is 22.9 Å². The molecule has 0 fully saturated rings. The van der Waals surface area contributed by atoms with Crippen LogP contribution in [0.2, 0.25) is 0 Å². The number of aromatic nitrogens is 1. The second kappa shape index (κ2) is 5.94. The summed E-state index contributed by atoms with van der Waals surface area (Å²) < 4.78 is 35.8. The first-order chi connectivity index (χ1) is 9.92. The minimum absolute atomic E-state index is 0.0115. The number of pyridine rings is 1. The molecule has 8 nitrogen and oxygen atoms in total. The van der Waals surface area contributed by atoms with Crippen LogP contribution < -0.4 is 9.46 Å². The third-order valence-corrected chi connectivity index (χ3v) is 3.80. The van der Waals surface area contributed by atoms with Gasteiger partial charge in [0.1, 0.15) is 0 Å². The lowest BCUT2D eigenvalue weighted by atomic mass is 10.3. The number of carboxylic acid groups (broad SMARTS) is 1. The molecule has 0 aliphatic rings. The fourth-order valence-electron chi connectivity index (χ4n) is 1.47. The number of furan rings is 1. The van der Waals surface area contributed by atoms with Gasteiger partial charge in [-0.05, 0) is 17.7 Å². The van der Waals surface area contributed by atoms with E-state index in [1.54, 1.807) is 12.1 Å². The quantitative estimate of drug-likeness (QED) is 0.811. The number of nitrogens with one attached hydrogen (secondary N) is 1. The topological polar surface area (TPSA) is 119 Å². The normalized spacial score (nSPS) is 11.3. The van der Waals surface area contributed by atoms with Crippen LogP contribution in [0.25, 0.3) is 0 Å². The fourth-order valence-corrected chi connectivity index (χ4v) is 2.41. The Bertz CT molecular complexity index is 735. The van der Waals surface area contributed by atoms with Gasteiger partial charge in [0, 0.05) is 18.8 Å². The third kappa shape index (κ3) is 3.58. The van der Waals surface area contributed by atoms with Crippen molar-refractivity contribution in [3.8, 4) is 5.88 Å². The highest BCUT2D eigenvalue weighted by Gasteiger charge is 2.20. The Morgan fingerprint density at radius 2 is 2.14 bits per heavy atom. The van der Waals surface area contributed by atoms with E-state index in [0.717, 1.165) is 12.1 Å². The maximum Gasteiger partial charge on any atom is 0.371 e. The molecule has 2 heterocycles. The molecule has 0 saturated heterocycles. The summed E-state index contributed by atoms with van der Waals surface area (Å²) in [4.78, 5) is 14.6. The molecule has 2 rings (SSSR count). The van der Waals surface area contributed by atoms with E-state index in [4.69, 9.17) is 14.3 Å². The van der Waals surface area contributed by atoms with Crippen molar-refractivity contribution in [2.24, 2.45) is 0 Å². The van der Waals surface area contributed by atoms with Crippen LogP contribution in [-0.4, -0.2) is 31.6 Å². The van der Waals surface area contributed by atoms with Crippen LogP contribution in [0, 0.1) is 0 Å². The average molecular weight is 312 g/mol. The summed E-state index contributed by atoms with van der Waals surface area (Å²) in [5.41, 5.74) is 0.615. The largest absolute Gasteiger partial charge is 0.481 e. The Morgan fingerprint density at radius 3 is 2.67 bits per heavy atom. The number of hydrogen-bond acceptors (Lipinski definition) is 6. The summed E-state index contributed by atoms with van der Waals surface area (Å²) in [6, 6.07) is 5.40. The molecule has 2 aromatic rings. The molecule has 0 aromatic carbocycles. The summed E-state index contributed by atoms with van der Waals surface area (Å²) >= 11 is 0. The Balaban J connectivity index is 2.07. The highest BCUT2D eigenvalue weighted by molar-refractivity contribution is 7.89. The Labute approximate surface area is 120 Å². The van der Waals surface area contributed by atoms with Crippen LogP contribution in [0.1, 0.15) is 16.1 Å². The van der Waals surface area contributed by atoms with Gasteiger partial charge >= 0.3 is 5.97 Å².